The highest BCUT2D eigenvalue weighted by Crippen LogP contribution is 2.38. The molecule has 20 heavy (non-hydrogen) atoms. The van der Waals surface area contributed by atoms with E-state index >= 15 is 0 Å². The van der Waals surface area contributed by atoms with Gasteiger partial charge < -0.3 is 10.0 Å². The van der Waals surface area contributed by atoms with Crippen molar-refractivity contribution in [3.05, 3.63) is 29.6 Å². The molecule has 0 bridgehead atoms. The zero-order chi connectivity index (χ0) is 15.1. The van der Waals surface area contributed by atoms with Crippen molar-refractivity contribution < 1.29 is 18.7 Å². The van der Waals surface area contributed by atoms with E-state index in [2.05, 4.69) is 4.98 Å². The van der Waals surface area contributed by atoms with Gasteiger partial charge in [0.15, 0.2) is 11.5 Å². The number of carbonyl (C=O) groups excluding carboxylic acids is 1. The van der Waals surface area contributed by atoms with Gasteiger partial charge in [-0.3, -0.25) is 4.79 Å². The molecule has 6 heteroatoms. The summed E-state index contributed by atoms with van der Waals surface area (Å²) < 4.78 is 26.4. The molecule has 0 spiro atoms. The maximum atomic E-state index is 13.6. The van der Waals surface area contributed by atoms with Crippen molar-refractivity contribution in [1.82, 2.24) is 9.88 Å². The van der Waals surface area contributed by atoms with Gasteiger partial charge in [-0.15, -0.1) is 0 Å². The zero-order valence-corrected chi connectivity index (χ0v) is 11.8. The van der Waals surface area contributed by atoms with Crippen molar-refractivity contribution in [2.75, 3.05) is 13.1 Å². The Morgan fingerprint density at radius 1 is 1.40 bits per heavy atom. The van der Waals surface area contributed by atoms with Crippen LogP contribution in [0, 0.1) is 17.0 Å². The number of pyridine rings is 1. The summed E-state index contributed by atoms with van der Waals surface area (Å²) in [7, 11) is 0. The number of carbonyl (C=O) groups is 1. The molecule has 1 atom stereocenters. The Morgan fingerprint density at radius 2 is 2.05 bits per heavy atom. The average molecular weight is 284 g/mol. The summed E-state index contributed by atoms with van der Waals surface area (Å²) in [4.78, 5) is 17.2. The predicted octanol–water partition coefficient (Wildman–Crippen LogP) is 1.98. The molecule has 0 saturated carbocycles. The highest BCUT2D eigenvalue weighted by Gasteiger charge is 2.45. The summed E-state index contributed by atoms with van der Waals surface area (Å²) in [6.45, 7) is 6.03. The minimum Gasteiger partial charge on any atom is -0.389 e. The second kappa shape index (κ2) is 4.77. The fraction of sp³-hybridized carbons (Fsp3) is 0.571. The summed E-state index contributed by atoms with van der Waals surface area (Å²) >= 11 is 0. The van der Waals surface area contributed by atoms with E-state index in [0.717, 1.165) is 6.20 Å². The molecular weight excluding hydrogens is 266 g/mol. The third-order valence-electron chi connectivity index (χ3n) is 4.21. The van der Waals surface area contributed by atoms with Gasteiger partial charge in [0.2, 0.25) is 0 Å². The number of piperidine rings is 1. The Balaban J connectivity index is 2.23. The van der Waals surface area contributed by atoms with Gasteiger partial charge in [0.25, 0.3) is 5.91 Å². The SMILES string of the molecule is CC1(C)CN(C(=O)c2ncc(F)cc2F)CC[C@@]1(C)O. The van der Waals surface area contributed by atoms with Gasteiger partial charge in [-0.1, -0.05) is 13.8 Å². The van der Waals surface area contributed by atoms with Crippen molar-refractivity contribution in [1.29, 1.82) is 0 Å². The van der Waals surface area contributed by atoms with Crippen molar-refractivity contribution in [3.8, 4) is 0 Å². The van der Waals surface area contributed by atoms with Gasteiger partial charge in [0, 0.05) is 24.6 Å². The monoisotopic (exact) mass is 284 g/mol. The lowest BCUT2D eigenvalue weighted by Crippen LogP contribution is -2.57. The van der Waals surface area contributed by atoms with Crippen LogP contribution in [0.3, 0.4) is 0 Å². The molecule has 0 radical (unpaired) electrons. The minimum absolute atomic E-state index is 0.289. The largest absolute Gasteiger partial charge is 0.389 e. The quantitative estimate of drug-likeness (QED) is 0.858. The lowest BCUT2D eigenvalue weighted by Gasteiger charge is -2.48. The number of hydrogen-bond acceptors (Lipinski definition) is 3. The van der Waals surface area contributed by atoms with E-state index in [4.69, 9.17) is 0 Å². The highest BCUT2D eigenvalue weighted by atomic mass is 19.1. The minimum atomic E-state index is -0.967. The lowest BCUT2D eigenvalue weighted by molar-refractivity contribution is -0.0972. The lowest BCUT2D eigenvalue weighted by atomic mass is 9.71. The Hall–Kier alpha value is -1.56. The van der Waals surface area contributed by atoms with Crippen LogP contribution >= 0.6 is 0 Å². The summed E-state index contributed by atoms with van der Waals surface area (Å²) in [6.07, 6.45) is 1.22. The summed E-state index contributed by atoms with van der Waals surface area (Å²) in [5, 5.41) is 10.3. The molecule has 1 aromatic rings. The normalized spacial score (nSPS) is 25.6. The van der Waals surface area contributed by atoms with Crippen LogP contribution in [0.2, 0.25) is 0 Å². The van der Waals surface area contributed by atoms with E-state index in [1.807, 2.05) is 13.8 Å². The number of halogens is 2. The number of hydrogen-bond donors (Lipinski definition) is 1. The first-order valence-corrected chi connectivity index (χ1v) is 6.47. The Bertz CT molecular complexity index is 544. The molecule has 1 aromatic heterocycles. The number of nitrogens with zero attached hydrogens (tertiary/aromatic N) is 2. The highest BCUT2D eigenvalue weighted by molar-refractivity contribution is 5.92. The van der Waals surface area contributed by atoms with Gasteiger partial charge in [-0.2, -0.15) is 0 Å². The standard InChI is InChI=1S/C14H18F2N2O2/c1-13(2)8-18(5-4-14(13,3)20)12(19)11-10(16)6-9(15)7-17-11/h6-7,20H,4-5,8H2,1-3H3/t14-/m1/s1. The molecule has 1 aliphatic heterocycles. The van der Waals surface area contributed by atoms with E-state index in [-0.39, 0.29) is 12.2 Å². The summed E-state index contributed by atoms with van der Waals surface area (Å²) in [6, 6.07) is 0.644. The van der Waals surface area contributed by atoms with E-state index in [1.54, 1.807) is 6.92 Å². The molecule has 2 heterocycles. The molecule has 0 aromatic carbocycles. The molecule has 1 saturated heterocycles. The first-order chi connectivity index (χ1) is 9.14. The van der Waals surface area contributed by atoms with Crippen molar-refractivity contribution in [2.45, 2.75) is 32.8 Å². The van der Waals surface area contributed by atoms with E-state index in [1.165, 1.54) is 4.90 Å². The Labute approximate surface area is 116 Å². The predicted molar refractivity (Wildman–Crippen MR) is 69.1 cm³/mol. The molecule has 0 unspecified atom stereocenters. The first-order valence-electron chi connectivity index (χ1n) is 6.47. The van der Waals surface area contributed by atoms with Crippen LogP contribution in [-0.4, -0.2) is 39.6 Å². The molecule has 1 amide bonds. The zero-order valence-electron chi connectivity index (χ0n) is 11.8. The van der Waals surface area contributed by atoms with E-state index in [9.17, 15) is 18.7 Å². The fourth-order valence-corrected chi connectivity index (χ4v) is 2.31. The van der Waals surface area contributed by atoms with Crippen molar-refractivity contribution >= 4 is 5.91 Å². The van der Waals surface area contributed by atoms with Gasteiger partial charge in [-0.25, -0.2) is 13.8 Å². The van der Waals surface area contributed by atoms with Crippen LogP contribution in [-0.2, 0) is 0 Å². The van der Waals surface area contributed by atoms with Crippen LogP contribution < -0.4 is 0 Å². The maximum absolute atomic E-state index is 13.6. The number of likely N-dealkylation sites (tertiary alicyclic amines) is 1. The molecule has 1 N–H and O–H groups in total. The molecule has 1 aliphatic rings. The molecule has 110 valence electrons. The van der Waals surface area contributed by atoms with Crippen LogP contribution in [0.5, 0.6) is 0 Å². The van der Waals surface area contributed by atoms with Gasteiger partial charge in [0.05, 0.1) is 11.8 Å². The molecule has 2 rings (SSSR count). The van der Waals surface area contributed by atoms with Crippen molar-refractivity contribution in [2.24, 2.45) is 5.41 Å². The number of aromatic nitrogens is 1. The second-order valence-electron chi connectivity index (χ2n) is 6.12. The molecule has 4 nitrogen and oxygen atoms in total. The average Bonchev–Trinajstić information content (AvgIpc) is 2.32. The van der Waals surface area contributed by atoms with Crippen LogP contribution in [0.15, 0.2) is 12.3 Å². The van der Waals surface area contributed by atoms with Gasteiger partial charge >= 0.3 is 0 Å². The smallest absolute Gasteiger partial charge is 0.275 e. The second-order valence-corrected chi connectivity index (χ2v) is 6.12. The Morgan fingerprint density at radius 3 is 2.60 bits per heavy atom. The van der Waals surface area contributed by atoms with E-state index in [0.29, 0.717) is 19.0 Å². The molecule has 1 fully saturated rings. The third-order valence-corrected chi connectivity index (χ3v) is 4.21. The van der Waals surface area contributed by atoms with Crippen LogP contribution in [0.4, 0.5) is 8.78 Å². The number of rotatable bonds is 1. The van der Waals surface area contributed by atoms with Crippen LogP contribution in [0.1, 0.15) is 37.7 Å². The first kappa shape index (κ1) is 14.8. The Kier molecular flexibility index (Phi) is 3.54. The number of aliphatic hydroxyl groups is 1. The third kappa shape index (κ3) is 2.52. The summed E-state index contributed by atoms with van der Waals surface area (Å²) in [5.74, 6) is -2.36. The fourth-order valence-electron chi connectivity index (χ4n) is 2.31. The maximum Gasteiger partial charge on any atom is 0.275 e. The van der Waals surface area contributed by atoms with Gasteiger partial charge in [-0.05, 0) is 13.3 Å². The molecule has 0 aliphatic carbocycles. The van der Waals surface area contributed by atoms with E-state index < -0.39 is 28.6 Å². The summed E-state index contributed by atoms with van der Waals surface area (Å²) in [5.41, 5.74) is -1.79. The van der Waals surface area contributed by atoms with Gasteiger partial charge in [0.1, 0.15) is 5.82 Å². The number of amides is 1. The molecular formula is C14H18F2N2O2. The topological polar surface area (TPSA) is 53.4 Å². The van der Waals surface area contributed by atoms with Crippen LogP contribution in [0.25, 0.3) is 0 Å². The van der Waals surface area contributed by atoms with Crippen molar-refractivity contribution in [3.63, 3.8) is 0 Å².